The highest BCUT2D eigenvalue weighted by molar-refractivity contribution is 9.10. The van der Waals surface area contributed by atoms with Gasteiger partial charge in [0.05, 0.1) is 6.10 Å². The molecule has 1 N–H and O–H groups in total. The largest absolute Gasteiger partial charge is 0.389 e. The number of hydrogen-bond donors (Lipinski definition) is 1. The Kier molecular flexibility index (Phi) is 2.93. The van der Waals surface area contributed by atoms with Crippen molar-refractivity contribution in [3.05, 3.63) is 33.3 Å². The molecule has 0 aliphatic rings. The smallest absolute Gasteiger partial charge is 0.0772 e. The first-order chi connectivity index (χ1) is 5.11. The average molecular weight is 236 g/mol. The van der Waals surface area contributed by atoms with Crippen LogP contribution in [0.15, 0.2) is 22.7 Å². The van der Waals surface area contributed by atoms with Crippen LogP contribution in [0.4, 0.5) is 0 Å². The van der Waals surface area contributed by atoms with Gasteiger partial charge in [0, 0.05) is 9.50 Å². The van der Waals surface area contributed by atoms with Crippen LogP contribution < -0.4 is 0 Å². The van der Waals surface area contributed by atoms with Crippen LogP contribution in [0.3, 0.4) is 0 Å². The fourth-order valence-electron chi connectivity index (χ4n) is 0.840. The molecule has 1 nitrogen and oxygen atoms in total. The molecule has 0 aliphatic heterocycles. The summed E-state index contributed by atoms with van der Waals surface area (Å²) in [7, 11) is 0. The molecule has 0 aromatic heterocycles. The normalized spacial score (nSPS) is 13.1. The van der Waals surface area contributed by atoms with Crippen LogP contribution >= 0.6 is 27.5 Å². The van der Waals surface area contributed by atoms with E-state index in [1.165, 1.54) is 0 Å². The third-order valence-corrected chi connectivity index (χ3v) is 2.33. The van der Waals surface area contributed by atoms with E-state index in [-0.39, 0.29) is 0 Å². The van der Waals surface area contributed by atoms with Gasteiger partial charge < -0.3 is 5.11 Å². The Morgan fingerprint density at radius 2 is 2.18 bits per heavy atom. The van der Waals surface area contributed by atoms with Gasteiger partial charge >= 0.3 is 0 Å². The van der Waals surface area contributed by atoms with E-state index in [1.807, 2.05) is 0 Å². The monoisotopic (exact) mass is 234 g/mol. The van der Waals surface area contributed by atoms with Gasteiger partial charge in [0.25, 0.3) is 0 Å². The standard InChI is InChI=1S/C8H8BrClO/c1-5(11)7-3-2-6(10)4-8(7)9/h2-5,11H,1H3/t5-/m0/s1. The lowest BCUT2D eigenvalue weighted by molar-refractivity contribution is 0.198. The predicted molar refractivity (Wildman–Crippen MR) is 49.8 cm³/mol. The van der Waals surface area contributed by atoms with Crippen molar-refractivity contribution >= 4 is 27.5 Å². The summed E-state index contributed by atoms with van der Waals surface area (Å²) in [5.74, 6) is 0. The van der Waals surface area contributed by atoms with Crippen molar-refractivity contribution in [3.63, 3.8) is 0 Å². The van der Waals surface area contributed by atoms with Gasteiger partial charge in [-0.1, -0.05) is 33.6 Å². The summed E-state index contributed by atoms with van der Waals surface area (Å²) in [6.45, 7) is 1.72. The lowest BCUT2D eigenvalue weighted by Gasteiger charge is -2.06. The van der Waals surface area contributed by atoms with E-state index in [2.05, 4.69) is 15.9 Å². The first kappa shape index (κ1) is 9.04. The number of aliphatic hydroxyl groups excluding tert-OH is 1. The van der Waals surface area contributed by atoms with Crippen LogP contribution in [0, 0.1) is 0 Å². The quantitative estimate of drug-likeness (QED) is 0.793. The van der Waals surface area contributed by atoms with Gasteiger partial charge in [-0.3, -0.25) is 0 Å². The van der Waals surface area contributed by atoms with E-state index < -0.39 is 6.10 Å². The predicted octanol–water partition coefficient (Wildman–Crippen LogP) is 3.16. The summed E-state index contributed by atoms with van der Waals surface area (Å²) in [4.78, 5) is 0. The Bertz CT molecular complexity index is 260. The molecule has 0 aliphatic carbocycles. The van der Waals surface area contributed by atoms with Gasteiger partial charge in [0.2, 0.25) is 0 Å². The molecular weight excluding hydrogens is 227 g/mol. The van der Waals surface area contributed by atoms with Crippen molar-refractivity contribution in [2.45, 2.75) is 13.0 Å². The summed E-state index contributed by atoms with van der Waals surface area (Å²) in [6.07, 6.45) is -0.457. The Morgan fingerprint density at radius 3 is 2.64 bits per heavy atom. The topological polar surface area (TPSA) is 20.2 Å². The number of rotatable bonds is 1. The average Bonchev–Trinajstić information content (AvgIpc) is 1.85. The van der Waals surface area contributed by atoms with Crippen molar-refractivity contribution in [2.75, 3.05) is 0 Å². The molecule has 60 valence electrons. The zero-order valence-corrected chi connectivity index (χ0v) is 8.35. The van der Waals surface area contributed by atoms with E-state index in [1.54, 1.807) is 25.1 Å². The minimum absolute atomic E-state index is 0.457. The molecule has 11 heavy (non-hydrogen) atoms. The molecule has 0 unspecified atom stereocenters. The fourth-order valence-corrected chi connectivity index (χ4v) is 1.85. The second-order valence-corrected chi connectivity index (χ2v) is 3.63. The van der Waals surface area contributed by atoms with Gasteiger partial charge in [-0.25, -0.2) is 0 Å². The molecule has 0 saturated heterocycles. The summed E-state index contributed by atoms with van der Waals surface area (Å²) >= 11 is 9.01. The maximum Gasteiger partial charge on any atom is 0.0772 e. The second-order valence-electron chi connectivity index (χ2n) is 2.34. The molecule has 0 heterocycles. The molecule has 1 aromatic carbocycles. The zero-order chi connectivity index (χ0) is 8.43. The minimum atomic E-state index is -0.457. The van der Waals surface area contributed by atoms with Crippen molar-refractivity contribution in [1.82, 2.24) is 0 Å². The summed E-state index contributed by atoms with van der Waals surface area (Å²) in [6, 6.07) is 5.33. The first-order valence-corrected chi connectivity index (χ1v) is 4.41. The Labute approximate surface area is 79.1 Å². The number of aliphatic hydroxyl groups is 1. The number of halogens is 2. The van der Waals surface area contributed by atoms with E-state index in [0.717, 1.165) is 10.0 Å². The molecule has 0 fully saturated rings. The van der Waals surface area contributed by atoms with Crippen molar-refractivity contribution in [2.24, 2.45) is 0 Å². The van der Waals surface area contributed by atoms with Crippen LogP contribution in [0.2, 0.25) is 5.02 Å². The van der Waals surface area contributed by atoms with Crippen LogP contribution in [0.1, 0.15) is 18.6 Å². The summed E-state index contributed by atoms with van der Waals surface area (Å²) in [5, 5.41) is 9.89. The number of benzene rings is 1. The molecule has 0 spiro atoms. The van der Waals surface area contributed by atoms with Gasteiger partial charge in [-0.15, -0.1) is 0 Å². The Balaban J connectivity index is 3.09. The molecule has 0 amide bonds. The van der Waals surface area contributed by atoms with E-state index >= 15 is 0 Å². The maximum absolute atomic E-state index is 9.22. The van der Waals surface area contributed by atoms with E-state index in [0.29, 0.717) is 5.02 Å². The fraction of sp³-hybridized carbons (Fsp3) is 0.250. The highest BCUT2D eigenvalue weighted by Gasteiger charge is 2.04. The van der Waals surface area contributed by atoms with Crippen LogP contribution in [-0.2, 0) is 0 Å². The highest BCUT2D eigenvalue weighted by atomic mass is 79.9. The van der Waals surface area contributed by atoms with Gasteiger partial charge in [-0.2, -0.15) is 0 Å². The van der Waals surface area contributed by atoms with Crippen LogP contribution in [-0.4, -0.2) is 5.11 Å². The van der Waals surface area contributed by atoms with E-state index in [9.17, 15) is 5.11 Å². The van der Waals surface area contributed by atoms with E-state index in [4.69, 9.17) is 11.6 Å². The Hall–Kier alpha value is -0.0500. The minimum Gasteiger partial charge on any atom is -0.389 e. The van der Waals surface area contributed by atoms with Gasteiger partial charge in [-0.05, 0) is 24.6 Å². The molecule has 0 saturated carbocycles. The highest BCUT2D eigenvalue weighted by Crippen LogP contribution is 2.25. The molecule has 1 aromatic rings. The molecular formula is C8H8BrClO. The summed E-state index contributed by atoms with van der Waals surface area (Å²) in [5.41, 5.74) is 0.856. The van der Waals surface area contributed by atoms with Gasteiger partial charge in [0.15, 0.2) is 0 Å². The van der Waals surface area contributed by atoms with Gasteiger partial charge in [0.1, 0.15) is 0 Å². The zero-order valence-electron chi connectivity index (χ0n) is 6.01. The van der Waals surface area contributed by atoms with Crippen molar-refractivity contribution in [1.29, 1.82) is 0 Å². The van der Waals surface area contributed by atoms with Crippen LogP contribution in [0.5, 0.6) is 0 Å². The number of hydrogen-bond acceptors (Lipinski definition) is 1. The lowest BCUT2D eigenvalue weighted by Crippen LogP contribution is -1.91. The van der Waals surface area contributed by atoms with Crippen LogP contribution in [0.25, 0.3) is 0 Å². The lowest BCUT2D eigenvalue weighted by atomic mass is 10.1. The second kappa shape index (κ2) is 3.57. The molecule has 1 rings (SSSR count). The molecule has 1 atom stereocenters. The SMILES string of the molecule is C[C@H](O)c1ccc(Cl)cc1Br. The van der Waals surface area contributed by atoms with Crippen molar-refractivity contribution in [3.8, 4) is 0 Å². The maximum atomic E-state index is 9.22. The summed E-state index contributed by atoms with van der Waals surface area (Å²) < 4.78 is 0.847. The van der Waals surface area contributed by atoms with Crippen molar-refractivity contribution < 1.29 is 5.11 Å². The molecule has 3 heteroatoms. The first-order valence-electron chi connectivity index (χ1n) is 3.24. The molecule has 0 bridgehead atoms. The third-order valence-electron chi connectivity index (χ3n) is 1.41. The Morgan fingerprint density at radius 1 is 1.55 bits per heavy atom. The molecule has 0 radical (unpaired) electrons. The third kappa shape index (κ3) is 2.19.